The van der Waals surface area contributed by atoms with Gasteiger partial charge < -0.3 is 0 Å². The van der Waals surface area contributed by atoms with Gasteiger partial charge in [-0.15, -0.1) is 0 Å². The fraction of sp³-hybridized carbons (Fsp3) is 0.231. The number of hydrogen-bond acceptors (Lipinski definition) is 4. The van der Waals surface area contributed by atoms with E-state index < -0.39 is 21.7 Å². The zero-order valence-electron chi connectivity index (χ0n) is 10.8. The van der Waals surface area contributed by atoms with Gasteiger partial charge in [-0.1, -0.05) is 0 Å². The average molecular weight is 311 g/mol. The van der Waals surface area contributed by atoms with Crippen molar-refractivity contribution in [3.05, 3.63) is 53.6 Å². The van der Waals surface area contributed by atoms with Crippen molar-refractivity contribution < 1.29 is 17.2 Å². The van der Waals surface area contributed by atoms with Crippen molar-refractivity contribution in [1.82, 2.24) is 14.3 Å². The Balaban J connectivity index is 1.95. The van der Waals surface area contributed by atoms with E-state index in [1.165, 1.54) is 10.6 Å². The minimum absolute atomic E-state index is 0.123. The third-order valence-electron chi connectivity index (χ3n) is 3.35. The number of halogens is 2. The van der Waals surface area contributed by atoms with Crippen molar-refractivity contribution in [3.63, 3.8) is 0 Å². The second-order valence-corrected chi connectivity index (χ2v) is 6.60. The molecule has 3 rings (SSSR count). The first-order valence-corrected chi connectivity index (χ1v) is 7.65. The number of nitrogens with zero attached hydrogens (tertiary/aromatic N) is 3. The molecular weight excluding hydrogens is 300 g/mol. The van der Waals surface area contributed by atoms with E-state index in [0.29, 0.717) is 12.5 Å². The van der Waals surface area contributed by atoms with Gasteiger partial charge in [0.2, 0.25) is 10.0 Å². The minimum atomic E-state index is -3.87. The summed E-state index contributed by atoms with van der Waals surface area (Å²) in [7, 11) is -3.87. The largest absolute Gasteiger partial charge is 0.244 e. The molecule has 1 aromatic heterocycles. The predicted octanol–water partition coefficient (Wildman–Crippen LogP) is 1.50. The second kappa shape index (κ2) is 5.12. The zero-order chi connectivity index (χ0) is 15.0. The van der Waals surface area contributed by atoms with Crippen LogP contribution in [0.3, 0.4) is 0 Å². The number of sulfonamides is 1. The molecule has 21 heavy (non-hydrogen) atoms. The van der Waals surface area contributed by atoms with E-state index in [9.17, 15) is 17.2 Å². The van der Waals surface area contributed by atoms with Crippen molar-refractivity contribution in [2.24, 2.45) is 0 Å². The molecule has 1 aromatic carbocycles. The van der Waals surface area contributed by atoms with Gasteiger partial charge in [0.15, 0.2) is 11.6 Å². The molecule has 8 heteroatoms. The lowest BCUT2D eigenvalue weighted by Gasteiger charge is -2.27. The van der Waals surface area contributed by atoms with Crippen LogP contribution in [0, 0.1) is 11.6 Å². The van der Waals surface area contributed by atoms with Gasteiger partial charge in [0.25, 0.3) is 0 Å². The lowest BCUT2D eigenvalue weighted by molar-refractivity contribution is 0.386. The molecule has 5 nitrogen and oxygen atoms in total. The van der Waals surface area contributed by atoms with Crippen LogP contribution in [0.5, 0.6) is 0 Å². The molecule has 110 valence electrons. The Kier molecular flexibility index (Phi) is 3.42. The molecule has 0 unspecified atom stereocenters. The summed E-state index contributed by atoms with van der Waals surface area (Å²) in [5.74, 6) is -2.26. The molecule has 0 saturated heterocycles. The molecule has 0 fully saturated rings. The summed E-state index contributed by atoms with van der Waals surface area (Å²) in [6.45, 7) is 0.364. The molecule has 0 amide bonds. The standard InChI is InChI=1S/C13H11F2N3O2S/c14-11-2-1-10(5-12(11)15)21(19,20)18-4-3-13-9(7-18)6-16-8-17-13/h1-2,5-6,8H,3-4,7H2. The Morgan fingerprint density at radius 2 is 2.00 bits per heavy atom. The third-order valence-corrected chi connectivity index (χ3v) is 5.20. The van der Waals surface area contributed by atoms with Crippen LogP contribution in [0.2, 0.25) is 0 Å². The number of fused-ring (bicyclic) bond motifs is 1. The van der Waals surface area contributed by atoms with Crippen molar-refractivity contribution in [2.75, 3.05) is 6.54 Å². The van der Waals surface area contributed by atoms with Crippen LogP contribution in [0.25, 0.3) is 0 Å². The highest BCUT2D eigenvalue weighted by molar-refractivity contribution is 7.89. The maximum atomic E-state index is 13.2. The fourth-order valence-corrected chi connectivity index (χ4v) is 3.66. The van der Waals surface area contributed by atoms with E-state index in [-0.39, 0.29) is 18.0 Å². The van der Waals surface area contributed by atoms with E-state index in [4.69, 9.17) is 0 Å². The molecular formula is C13H11F2N3O2S. The second-order valence-electron chi connectivity index (χ2n) is 4.66. The monoisotopic (exact) mass is 311 g/mol. The van der Waals surface area contributed by atoms with Gasteiger partial charge in [-0.25, -0.2) is 27.2 Å². The normalized spacial score (nSPS) is 15.7. The molecule has 1 aliphatic rings. The zero-order valence-corrected chi connectivity index (χ0v) is 11.6. The Morgan fingerprint density at radius 1 is 1.19 bits per heavy atom. The molecule has 0 atom stereocenters. The van der Waals surface area contributed by atoms with Gasteiger partial charge in [0.1, 0.15) is 6.33 Å². The first kappa shape index (κ1) is 14.0. The van der Waals surface area contributed by atoms with Crippen molar-refractivity contribution in [3.8, 4) is 0 Å². The number of benzene rings is 1. The quantitative estimate of drug-likeness (QED) is 0.843. The summed E-state index contributed by atoms with van der Waals surface area (Å²) in [6, 6.07) is 2.57. The van der Waals surface area contributed by atoms with Crippen molar-refractivity contribution in [2.45, 2.75) is 17.9 Å². The van der Waals surface area contributed by atoms with E-state index >= 15 is 0 Å². The molecule has 1 aliphatic heterocycles. The molecule has 0 N–H and O–H groups in total. The van der Waals surface area contributed by atoms with Gasteiger partial charge in [-0.05, 0) is 18.2 Å². The Hall–Kier alpha value is -1.93. The third kappa shape index (κ3) is 2.52. The van der Waals surface area contributed by atoms with E-state index in [2.05, 4.69) is 9.97 Å². The summed E-state index contributed by atoms with van der Waals surface area (Å²) in [4.78, 5) is 7.70. The average Bonchev–Trinajstić information content (AvgIpc) is 2.49. The molecule has 0 bridgehead atoms. The summed E-state index contributed by atoms with van der Waals surface area (Å²) < 4.78 is 52.3. The number of hydrogen-bond donors (Lipinski definition) is 0. The Morgan fingerprint density at radius 3 is 2.76 bits per heavy atom. The smallest absolute Gasteiger partial charge is 0.243 e. The molecule has 2 aromatic rings. The van der Waals surface area contributed by atoms with Crippen LogP contribution in [0.4, 0.5) is 8.78 Å². The van der Waals surface area contributed by atoms with Crippen molar-refractivity contribution >= 4 is 10.0 Å². The first-order chi connectivity index (χ1) is 9.98. The number of rotatable bonds is 2. The van der Waals surface area contributed by atoms with Crippen LogP contribution in [0.15, 0.2) is 35.6 Å². The maximum Gasteiger partial charge on any atom is 0.243 e. The Bertz CT molecular complexity index is 796. The highest BCUT2D eigenvalue weighted by Gasteiger charge is 2.29. The first-order valence-electron chi connectivity index (χ1n) is 6.21. The van der Waals surface area contributed by atoms with E-state index in [1.807, 2.05) is 0 Å². The summed E-state index contributed by atoms with van der Waals surface area (Å²) in [6.07, 6.45) is 3.44. The van der Waals surface area contributed by atoms with E-state index in [0.717, 1.165) is 23.4 Å². The predicted molar refractivity (Wildman–Crippen MR) is 69.7 cm³/mol. The summed E-state index contributed by atoms with van der Waals surface area (Å²) >= 11 is 0. The topological polar surface area (TPSA) is 63.2 Å². The summed E-state index contributed by atoms with van der Waals surface area (Å²) in [5.41, 5.74) is 1.52. The maximum absolute atomic E-state index is 13.2. The van der Waals surface area contributed by atoms with Gasteiger partial charge in [0.05, 0.1) is 4.90 Å². The molecule has 0 spiro atoms. The molecule has 0 saturated carbocycles. The minimum Gasteiger partial charge on any atom is -0.244 e. The van der Waals surface area contributed by atoms with Gasteiger partial charge in [0, 0.05) is 37.0 Å². The van der Waals surface area contributed by atoms with Crippen LogP contribution in [0.1, 0.15) is 11.3 Å². The van der Waals surface area contributed by atoms with Crippen LogP contribution in [-0.4, -0.2) is 29.2 Å². The fourth-order valence-electron chi connectivity index (χ4n) is 2.23. The molecule has 0 radical (unpaired) electrons. The highest BCUT2D eigenvalue weighted by atomic mass is 32.2. The van der Waals surface area contributed by atoms with E-state index in [1.54, 1.807) is 6.20 Å². The Labute approximate surface area is 120 Å². The molecule has 2 heterocycles. The van der Waals surface area contributed by atoms with Crippen molar-refractivity contribution in [1.29, 1.82) is 0 Å². The van der Waals surface area contributed by atoms with Crippen LogP contribution >= 0.6 is 0 Å². The lowest BCUT2D eigenvalue weighted by atomic mass is 10.1. The van der Waals surface area contributed by atoms with Crippen LogP contribution in [-0.2, 0) is 23.0 Å². The number of aromatic nitrogens is 2. The SMILES string of the molecule is O=S(=O)(c1ccc(F)c(F)c1)N1CCc2ncncc2C1. The van der Waals surface area contributed by atoms with Gasteiger partial charge in [-0.2, -0.15) is 4.31 Å². The molecule has 0 aliphatic carbocycles. The highest BCUT2D eigenvalue weighted by Crippen LogP contribution is 2.24. The van der Waals surface area contributed by atoms with Gasteiger partial charge in [-0.3, -0.25) is 0 Å². The van der Waals surface area contributed by atoms with Crippen LogP contribution < -0.4 is 0 Å². The lowest BCUT2D eigenvalue weighted by Crippen LogP contribution is -2.36. The summed E-state index contributed by atoms with van der Waals surface area (Å²) in [5, 5.41) is 0. The van der Waals surface area contributed by atoms with Gasteiger partial charge >= 0.3 is 0 Å².